The van der Waals surface area contributed by atoms with Gasteiger partial charge in [-0.1, -0.05) is 6.07 Å². The Hall–Kier alpha value is -0.420. The minimum absolute atomic E-state index is 0.421. The van der Waals surface area contributed by atoms with Crippen LogP contribution in [-0.2, 0) is 10.8 Å². The molecule has 1 saturated heterocycles. The fourth-order valence-electron chi connectivity index (χ4n) is 1.64. The lowest BCUT2D eigenvalue weighted by molar-refractivity contribution is 0.622. The molecule has 5 heteroatoms. The molecule has 0 radical (unpaired) electrons. The molecule has 1 fully saturated rings. The molecular weight excluding hydrogens is 276 g/mol. The van der Waals surface area contributed by atoms with E-state index in [4.69, 9.17) is 0 Å². The SMILES string of the molecule is O=S1CCC(Nc2cccc(Br)n2)CC1. The molecule has 0 aliphatic carbocycles. The third kappa shape index (κ3) is 3.28. The molecule has 1 aromatic rings. The lowest BCUT2D eigenvalue weighted by Crippen LogP contribution is -2.29. The van der Waals surface area contributed by atoms with Crippen molar-refractivity contribution in [1.29, 1.82) is 0 Å². The van der Waals surface area contributed by atoms with Gasteiger partial charge in [-0.3, -0.25) is 4.21 Å². The summed E-state index contributed by atoms with van der Waals surface area (Å²) in [5.74, 6) is 2.51. The number of anilines is 1. The molecule has 1 aliphatic rings. The average molecular weight is 289 g/mol. The zero-order valence-corrected chi connectivity index (χ0v) is 10.7. The molecule has 0 atom stereocenters. The van der Waals surface area contributed by atoms with E-state index in [1.807, 2.05) is 18.2 Å². The van der Waals surface area contributed by atoms with Crippen LogP contribution in [0.4, 0.5) is 5.82 Å². The first-order valence-electron chi connectivity index (χ1n) is 4.98. The van der Waals surface area contributed by atoms with Crippen LogP contribution in [0.25, 0.3) is 0 Å². The Balaban J connectivity index is 1.94. The van der Waals surface area contributed by atoms with Crippen LogP contribution in [0, 0.1) is 0 Å². The molecule has 0 amide bonds. The van der Waals surface area contributed by atoms with Gasteiger partial charge in [0.05, 0.1) is 0 Å². The van der Waals surface area contributed by atoms with Crippen molar-refractivity contribution in [3.8, 4) is 0 Å². The fourth-order valence-corrected chi connectivity index (χ4v) is 3.28. The minimum Gasteiger partial charge on any atom is -0.367 e. The zero-order chi connectivity index (χ0) is 10.7. The van der Waals surface area contributed by atoms with Crippen molar-refractivity contribution in [2.45, 2.75) is 18.9 Å². The summed E-state index contributed by atoms with van der Waals surface area (Å²) in [7, 11) is -0.593. The Morgan fingerprint density at radius 1 is 1.40 bits per heavy atom. The average Bonchev–Trinajstić information content (AvgIpc) is 2.22. The number of hydrogen-bond acceptors (Lipinski definition) is 3. The van der Waals surface area contributed by atoms with Gasteiger partial charge in [-0.15, -0.1) is 0 Å². The number of aromatic nitrogens is 1. The van der Waals surface area contributed by atoms with Crippen LogP contribution in [0.5, 0.6) is 0 Å². The van der Waals surface area contributed by atoms with Crippen molar-refractivity contribution in [3.63, 3.8) is 0 Å². The number of nitrogens with one attached hydrogen (secondary N) is 1. The largest absolute Gasteiger partial charge is 0.367 e. The molecule has 0 saturated carbocycles. The summed E-state index contributed by atoms with van der Waals surface area (Å²) in [6.45, 7) is 0. The van der Waals surface area contributed by atoms with E-state index in [9.17, 15) is 4.21 Å². The first-order valence-corrected chi connectivity index (χ1v) is 7.26. The number of hydrogen-bond donors (Lipinski definition) is 1. The quantitative estimate of drug-likeness (QED) is 0.848. The number of pyridine rings is 1. The molecule has 2 rings (SSSR count). The molecule has 0 unspecified atom stereocenters. The minimum atomic E-state index is -0.593. The second-order valence-electron chi connectivity index (χ2n) is 3.61. The summed E-state index contributed by atoms with van der Waals surface area (Å²) in [6.07, 6.45) is 1.95. The topological polar surface area (TPSA) is 42.0 Å². The molecule has 0 aromatic carbocycles. The molecule has 0 bridgehead atoms. The highest BCUT2D eigenvalue weighted by Gasteiger charge is 2.17. The maximum Gasteiger partial charge on any atom is 0.127 e. The van der Waals surface area contributed by atoms with Crippen molar-refractivity contribution in [2.24, 2.45) is 0 Å². The second-order valence-corrected chi connectivity index (χ2v) is 6.12. The third-order valence-corrected chi connectivity index (χ3v) is 4.28. The molecule has 1 N–H and O–H groups in total. The van der Waals surface area contributed by atoms with Gasteiger partial charge in [0, 0.05) is 28.3 Å². The van der Waals surface area contributed by atoms with Crippen molar-refractivity contribution in [3.05, 3.63) is 22.8 Å². The van der Waals surface area contributed by atoms with Gasteiger partial charge in [-0.2, -0.15) is 0 Å². The lowest BCUT2D eigenvalue weighted by Gasteiger charge is -2.22. The molecule has 15 heavy (non-hydrogen) atoms. The first-order chi connectivity index (χ1) is 7.24. The van der Waals surface area contributed by atoms with Crippen LogP contribution in [0.2, 0.25) is 0 Å². The van der Waals surface area contributed by atoms with Gasteiger partial charge in [-0.25, -0.2) is 4.98 Å². The van der Waals surface area contributed by atoms with Gasteiger partial charge in [0.25, 0.3) is 0 Å². The van der Waals surface area contributed by atoms with E-state index in [2.05, 4.69) is 26.2 Å². The number of nitrogens with zero attached hydrogens (tertiary/aromatic N) is 1. The zero-order valence-electron chi connectivity index (χ0n) is 8.28. The van der Waals surface area contributed by atoms with E-state index in [-0.39, 0.29) is 0 Å². The fraction of sp³-hybridized carbons (Fsp3) is 0.500. The Morgan fingerprint density at radius 2 is 2.13 bits per heavy atom. The van der Waals surface area contributed by atoms with E-state index >= 15 is 0 Å². The van der Waals surface area contributed by atoms with E-state index in [1.54, 1.807) is 0 Å². The molecule has 3 nitrogen and oxygen atoms in total. The van der Waals surface area contributed by atoms with Crippen LogP contribution in [0.3, 0.4) is 0 Å². The van der Waals surface area contributed by atoms with Gasteiger partial charge >= 0.3 is 0 Å². The maximum atomic E-state index is 11.2. The molecule has 2 heterocycles. The first kappa shape index (κ1) is 11.1. The monoisotopic (exact) mass is 288 g/mol. The van der Waals surface area contributed by atoms with Gasteiger partial charge in [0.1, 0.15) is 10.4 Å². The Labute approximate surface area is 100 Å². The van der Waals surface area contributed by atoms with E-state index < -0.39 is 10.8 Å². The van der Waals surface area contributed by atoms with Crippen LogP contribution in [0.1, 0.15) is 12.8 Å². The number of rotatable bonds is 2. The maximum absolute atomic E-state index is 11.2. The van der Waals surface area contributed by atoms with E-state index in [0.29, 0.717) is 6.04 Å². The van der Waals surface area contributed by atoms with Crippen LogP contribution in [0.15, 0.2) is 22.8 Å². The highest BCUT2D eigenvalue weighted by Crippen LogP contribution is 2.16. The summed E-state index contributed by atoms with van der Waals surface area (Å²) < 4.78 is 12.0. The molecule has 1 aromatic heterocycles. The van der Waals surface area contributed by atoms with E-state index in [0.717, 1.165) is 34.8 Å². The molecule has 82 valence electrons. The summed E-state index contributed by atoms with van der Waals surface area (Å²) in [4.78, 5) is 4.32. The molecule has 0 spiro atoms. The predicted molar refractivity (Wildman–Crippen MR) is 66.5 cm³/mol. The lowest BCUT2D eigenvalue weighted by atomic mass is 10.1. The second kappa shape index (κ2) is 5.07. The summed E-state index contributed by atoms with van der Waals surface area (Å²) >= 11 is 3.34. The van der Waals surface area contributed by atoms with Crippen molar-refractivity contribution in [2.75, 3.05) is 16.8 Å². The molecule has 1 aliphatic heterocycles. The third-order valence-electron chi connectivity index (χ3n) is 2.46. The number of halogens is 1. The van der Waals surface area contributed by atoms with Gasteiger partial charge in [0.2, 0.25) is 0 Å². The van der Waals surface area contributed by atoms with Gasteiger partial charge in [0.15, 0.2) is 0 Å². The highest BCUT2D eigenvalue weighted by atomic mass is 79.9. The standard InChI is InChI=1S/C10H13BrN2OS/c11-9-2-1-3-10(13-9)12-8-4-6-15(14)7-5-8/h1-3,8H,4-7H2,(H,12,13). The summed E-state index contributed by atoms with van der Waals surface area (Å²) in [5.41, 5.74) is 0. The predicted octanol–water partition coefficient (Wildman–Crippen LogP) is 2.17. The van der Waals surface area contributed by atoms with Crippen molar-refractivity contribution >= 4 is 32.5 Å². The van der Waals surface area contributed by atoms with Crippen molar-refractivity contribution in [1.82, 2.24) is 4.98 Å². The highest BCUT2D eigenvalue weighted by molar-refractivity contribution is 9.10. The van der Waals surface area contributed by atoms with Gasteiger partial charge in [-0.05, 0) is 40.9 Å². The molecular formula is C10H13BrN2OS. The Bertz CT molecular complexity index is 362. The normalized spacial score (nSPS) is 26.2. The Kier molecular flexibility index (Phi) is 3.75. The van der Waals surface area contributed by atoms with Crippen LogP contribution in [-0.4, -0.2) is 26.7 Å². The summed E-state index contributed by atoms with van der Waals surface area (Å²) in [5, 5.41) is 3.37. The Morgan fingerprint density at radius 3 is 2.80 bits per heavy atom. The van der Waals surface area contributed by atoms with Crippen LogP contribution < -0.4 is 5.32 Å². The smallest absolute Gasteiger partial charge is 0.127 e. The van der Waals surface area contributed by atoms with Crippen LogP contribution >= 0.6 is 15.9 Å². The summed E-state index contributed by atoms with van der Waals surface area (Å²) in [6, 6.07) is 6.24. The van der Waals surface area contributed by atoms with Crippen molar-refractivity contribution < 1.29 is 4.21 Å². The van der Waals surface area contributed by atoms with Gasteiger partial charge < -0.3 is 5.32 Å². The van der Waals surface area contributed by atoms with E-state index in [1.165, 1.54) is 0 Å².